The second-order valence-corrected chi connectivity index (χ2v) is 9.32. The summed E-state index contributed by atoms with van der Waals surface area (Å²) in [7, 11) is 0. The summed E-state index contributed by atoms with van der Waals surface area (Å²) in [4.78, 5) is 19.5. The molecule has 4 rings (SSSR count). The largest absolute Gasteiger partial charge is 0.350 e. The quantitative estimate of drug-likeness (QED) is 0.394. The monoisotopic (exact) mass is 527 g/mol. The fourth-order valence-electron chi connectivity index (χ4n) is 3.84. The number of aromatic nitrogens is 1. The van der Waals surface area contributed by atoms with Crippen LogP contribution in [0.4, 0.5) is 20.3 Å². The molecule has 1 aromatic heterocycles. The summed E-state index contributed by atoms with van der Waals surface area (Å²) in [5, 5.41) is 4.18. The molecule has 0 saturated carbocycles. The lowest BCUT2D eigenvalue weighted by molar-refractivity contribution is -0.0118. The molecule has 3 aromatic rings. The third-order valence-corrected chi connectivity index (χ3v) is 6.30. The molecular weight excluding hydrogens is 511 g/mol. The van der Waals surface area contributed by atoms with Crippen molar-refractivity contribution in [1.82, 2.24) is 4.98 Å². The van der Waals surface area contributed by atoms with Crippen molar-refractivity contribution in [2.45, 2.75) is 25.7 Å². The molecule has 1 amide bonds. The SMILES string of the molecule is Cc1c(N2CCCC(F)(F)C2)nc2ccc(Br)cc2c1C(=O)Nc1ccc(Cl)cc1Cl. The maximum Gasteiger partial charge on any atom is 0.265 e. The van der Waals surface area contributed by atoms with Crippen LogP contribution in [0.15, 0.2) is 40.9 Å². The van der Waals surface area contributed by atoms with Gasteiger partial charge >= 0.3 is 0 Å². The number of hydrogen-bond donors (Lipinski definition) is 1. The third-order valence-electron chi connectivity index (χ3n) is 5.26. The summed E-state index contributed by atoms with van der Waals surface area (Å²) in [6.07, 6.45) is 0.208. The van der Waals surface area contributed by atoms with Crippen LogP contribution < -0.4 is 10.2 Å². The minimum Gasteiger partial charge on any atom is -0.350 e. The molecule has 1 N–H and O–H groups in total. The first-order chi connectivity index (χ1) is 14.6. The minimum absolute atomic E-state index is 0.147. The van der Waals surface area contributed by atoms with E-state index in [1.807, 2.05) is 0 Å². The molecule has 0 bridgehead atoms. The predicted octanol–water partition coefficient (Wildman–Crippen LogP) is 7.10. The number of benzene rings is 2. The van der Waals surface area contributed by atoms with E-state index in [0.717, 1.165) is 4.47 Å². The number of hydrogen-bond acceptors (Lipinski definition) is 3. The lowest BCUT2D eigenvalue weighted by atomic mass is 10.0. The van der Waals surface area contributed by atoms with E-state index in [-0.39, 0.29) is 6.42 Å². The topological polar surface area (TPSA) is 45.2 Å². The molecule has 4 nitrogen and oxygen atoms in total. The number of carbonyl (C=O) groups excluding carboxylic acids is 1. The van der Waals surface area contributed by atoms with Gasteiger partial charge in [-0.1, -0.05) is 39.1 Å². The second-order valence-electron chi connectivity index (χ2n) is 7.56. The van der Waals surface area contributed by atoms with Crippen molar-refractivity contribution >= 4 is 67.4 Å². The Hall–Kier alpha value is -1.96. The summed E-state index contributed by atoms with van der Waals surface area (Å²) < 4.78 is 28.9. The van der Waals surface area contributed by atoms with Crippen LogP contribution in [0.2, 0.25) is 10.0 Å². The van der Waals surface area contributed by atoms with E-state index < -0.39 is 18.4 Å². The van der Waals surface area contributed by atoms with Crippen molar-refractivity contribution < 1.29 is 13.6 Å². The van der Waals surface area contributed by atoms with Gasteiger partial charge in [-0.25, -0.2) is 13.8 Å². The van der Waals surface area contributed by atoms with Crippen LogP contribution in [0, 0.1) is 6.92 Å². The maximum absolute atomic E-state index is 14.1. The lowest BCUT2D eigenvalue weighted by Crippen LogP contribution is -2.43. The van der Waals surface area contributed by atoms with Gasteiger partial charge in [0, 0.05) is 33.4 Å². The Labute approximate surface area is 196 Å². The van der Waals surface area contributed by atoms with Crippen molar-refractivity contribution in [3.8, 4) is 0 Å². The van der Waals surface area contributed by atoms with Crippen LogP contribution in [0.1, 0.15) is 28.8 Å². The highest BCUT2D eigenvalue weighted by molar-refractivity contribution is 9.10. The Morgan fingerprint density at radius 1 is 1.23 bits per heavy atom. The number of pyridine rings is 1. The number of carbonyl (C=O) groups is 1. The second kappa shape index (κ2) is 8.52. The molecule has 0 unspecified atom stereocenters. The van der Waals surface area contributed by atoms with Gasteiger partial charge in [-0.3, -0.25) is 4.79 Å². The number of nitrogens with one attached hydrogen (secondary N) is 1. The maximum atomic E-state index is 14.1. The molecule has 0 aliphatic carbocycles. The number of alkyl halides is 2. The van der Waals surface area contributed by atoms with Crippen LogP contribution >= 0.6 is 39.1 Å². The number of amides is 1. The van der Waals surface area contributed by atoms with Crippen LogP contribution in [0.25, 0.3) is 10.9 Å². The van der Waals surface area contributed by atoms with E-state index in [4.69, 9.17) is 23.2 Å². The molecule has 9 heteroatoms. The van der Waals surface area contributed by atoms with Gasteiger partial charge in [0.1, 0.15) is 5.82 Å². The summed E-state index contributed by atoms with van der Waals surface area (Å²) in [6.45, 7) is 1.76. The van der Waals surface area contributed by atoms with Crippen molar-refractivity contribution in [2.24, 2.45) is 0 Å². The molecule has 31 heavy (non-hydrogen) atoms. The van der Waals surface area contributed by atoms with Crippen molar-refractivity contribution in [1.29, 1.82) is 0 Å². The lowest BCUT2D eigenvalue weighted by Gasteiger charge is -2.34. The average molecular weight is 529 g/mol. The zero-order valence-electron chi connectivity index (χ0n) is 16.5. The average Bonchev–Trinajstić information content (AvgIpc) is 2.68. The highest BCUT2D eigenvalue weighted by atomic mass is 79.9. The van der Waals surface area contributed by atoms with Gasteiger partial charge in [-0.05, 0) is 49.7 Å². The van der Waals surface area contributed by atoms with E-state index >= 15 is 0 Å². The number of fused-ring (bicyclic) bond motifs is 1. The fourth-order valence-corrected chi connectivity index (χ4v) is 4.66. The molecule has 2 aromatic carbocycles. The molecule has 1 fully saturated rings. The third kappa shape index (κ3) is 4.64. The van der Waals surface area contributed by atoms with E-state index in [2.05, 4.69) is 26.2 Å². The van der Waals surface area contributed by atoms with E-state index in [1.54, 1.807) is 42.2 Å². The zero-order chi connectivity index (χ0) is 22.3. The number of nitrogens with zero attached hydrogens (tertiary/aromatic N) is 2. The first-order valence-electron chi connectivity index (χ1n) is 9.64. The number of piperidine rings is 1. The summed E-state index contributed by atoms with van der Waals surface area (Å²) >= 11 is 15.6. The van der Waals surface area contributed by atoms with E-state index in [0.29, 0.717) is 56.5 Å². The summed E-state index contributed by atoms with van der Waals surface area (Å²) in [5.41, 5.74) is 1.85. The van der Waals surface area contributed by atoms with Crippen molar-refractivity contribution in [2.75, 3.05) is 23.3 Å². The minimum atomic E-state index is -2.79. The summed E-state index contributed by atoms with van der Waals surface area (Å²) in [5.74, 6) is -2.81. The predicted molar refractivity (Wildman–Crippen MR) is 125 cm³/mol. The van der Waals surface area contributed by atoms with Crippen LogP contribution in [-0.4, -0.2) is 29.9 Å². The molecule has 1 aliphatic rings. The van der Waals surface area contributed by atoms with Gasteiger partial charge in [0.05, 0.1) is 28.3 Å². The molecule has 2 heterocycles. The smallest absolute Gasteiger partial charge is 0.265 e. The first kappa shape index (κ1) is 22.2. The van der Waals surface area contributed by atoms with Crippen LogP contribution in [0.5, 0.6) is 0 Å². The van der Waals surface area contributed by atoms with E-state index in [1.165, 1.54) is 6.07 Å². The molecule has 1 saturated heterocycles. The molecule has 0 radical (unpaired) electrons. The first-order valence-corrected chi connectivity index (χ1v) is 11.2. The molecule has 0 spiro atoms. The Balaban J connectivity index is 1.83. The van der Waals surface area contributed by atoms with Gasteiger partial charge in [0.25, 0.3) is 11.8 Å². The zero-order valence-corrected chi connectivity index (χ0v) is 19.6. The number of rotatable bonds is 3. The Bertz CT molecular complexity index is 1190. The molecule has 0 atom stereocenters. The number of anilines is 2. The normalized spacial score (nSPS) is 15.9. The molecular formula is C22H18BrCl2F2N3O. The molecule has 162 valence electrons. The van der Waals surface area contributed by atoms with Gasteiger partial charge in [0.15, 0.2) is 0 Å². The van der Waals surface area contributed by atoms with Crippen molar-refractivity contribution in [3.63, 3.8) is 0 Å². The van der Waals surface area contributed by atoms with Crippen molar-refractivity contribution in [3.05, 3.63) is 62.0 Å². The van der Waals surface area contributed by atoms with E-state index in [9.17, 15) is 13.6 Å². The highest BCUT2D eigenvalue weighted by Gasteiger charge is 2.36. The van der Waals surface area contributed by atoms with Gasteiger partial charge < -0.3 is 10.2 Å². The standard InChI is InChI=1S/C22H18BrCl2F2N3O/c1-12-19(21(31)29-18-6-4-14(24)10-16(18)25)15-9-13(23)3-5-17(15)28-20(12)30-8-2-7-22(26,27)11-30/h3-6,9-10H,2,7-8,11H2,1H3,(H,29,31). The summed E-state index contributed by atoms with van der Waals surface area (Å²) in [6, 6.07) is 10.1. The van der Waals surface area contributed by atoms with Gasteiger partial charge in [-0.2, -0.15) is 0 Å². The van der Waals surface area contributed by atoms with Crippen LogP contribution in [0.3, 0.4) is 0 Å². The Kier molecular flexibility index (Phi) is 6.12. The Morgan fingerprint density at radius 3 is 2.71 bits per heavy atom. The Morgan fingerprint density at radius 2 is 2.00 bits per heavy atom. The highest BCUT2D eigenvalue weighted by Crippen LogP contribution is 2.35. The van der Waals surface area contributed by atoms with Gasteiger partial charge in [0.2, 0.25) is 0 Å². The van der Waals surface area contributed by atoms with Crippen LogP contribution in [-0.2, 0) is 0 Å². The number of halogens is 5. The molecule has 1 aliphatic heterocycles. The van der Waals surface area contributed by atoms with Gasteiger partial charge in [-0.15, -0.1) is 0 Å². The fraction of sp³-hybridized carbons (Fsp3) is 0.273.